The highest BCUT2D eigenvalue weighted by Crippen LogP contribution is 2.63. The minimum atomic E-state index is -1.07. The molecule has 0 aromatic heterocycles. The molecule has 2 amide bonds. The van der Waals surface area contributed by atoms with Crippen LogP contribution in [0.4, 0.5) is 0 Å². The second-order valence-electron chi connectivity index (χ2n) is 11.2. The third kappa shape index (κ3) is 4.79. The number of hydrogen-bond donors (Lipinski definition) is 1. The summed E-state index contributed by atoms with van der Waals surface area (Å²) in [5, 5.41) is 9.30. The molecular formula is C27H42N2O6. The Bertz CT molecular complexity index is 851. The van der Waals surface area contributed by atoms with Gasteiger partial charge in [0.25, 0.3) is 0 Å². The van der Waals surface area contributed by atoms with Crippen molar-refractivity contribution in [3.8, 4) is 0 Å². The summed E-state index contributed by atoms with van der Waals surface area (Å²) in [5.74, 6) is -2.37. The summed E-state index contributed by atoms with van der Waals surface area (Å²) in [6.07, 6.45) is 7.04. The molecule has 8 heteroatoms. The summed E-state index contributed by atoms with van der Waals surface area (Å²) in [5.41, 5.74) is -2.42. The van der Waals surface area contributed by atoms with Crippen LogP contribution in [0.1, 0.15) is 66.2 Å². The number of ether oxygens (including phenoxy) is 2. The molecule has 0 aliphatic carbocycles. The number of nitrogens with zero attached hydrogens (tertiary/aromatic N) is 2. The van der Waals surface area contributed by atoms with Crippen molar-refractivity contribution < 1.29 is 29.0 Å². The number of fused-ring (bicyclic) bond motifs is 1. The zero-order valence-electron chi connectivity index (χ0n) is 21.8. The highest BCUT2D eigenvalue weighted by molar-refractivity contribution is 5.98. The average molecular weight is 491 g/mol. The van der Waals surface area contributed by atoms with E-state index in [1.807, 2.05) is 27.7 Å². The van der Waals surface area contributed by atoms with Gasteiger partial charge >= 0.3 is 5.97 Å². The van der Waals surface area contributed by atoms with Crippen molar-refractivity contribution in [3.05, 3.63) is 25.3 Å². The third-order valence-corrected chi connectivity index (χ3v) is 7.76. The van der Waals surface area contributed by atoms with E-state index in [1.165, 1.54) is 0 Å². The van der Waals surface area contributed by atoms with E-state index in [2.05, 4.69) is 13.2 Å². The molecule has 0 aromatic rings. The van der Waals surface area contributed by atoms with Crippen LogP contribution in [0.5, 0.6) is 0 Å². The normalized spacial score (nSPS) is 31.4. The van der Waals surface area contributed by atoms with Crippen molar-refractivity contribution in [2.45, 2.75) is 89.0 Å². The first-order valence-electron chi connectivity index (χ1n) is 12.8. The number of carbonyl (C=O) groups is 3. The van der Waals surface area contributed by atoms with Gasteiger partial charge in [0.1, 0.15) is 17.6 Å². The van der Waals surface area contributed by atoms with Crippen LogP contribution in [0.2, 0.25) is 0 Å². The molecule has 3 rings (SSSR count). The summed E-state index contributed by atoms with van der Waals surface area (Å²) >= 11 is 0. The van der Waals surface area contributed by atoms with Crippen molar-refractivity contribution in [2.75, 3.05) is 26.3 Å². The van der Waals surface area contributed by atoms with E-state index >= 15 is 0 Å². The molecule has 5 atom stereocenters. The Kier molecular flexibility index (Phi) is 8.16. The van der Waals surface area contributed by atoms with Gasteiger partial charge in [0.15, 0.2) is 0 Å². The molecule has 1 spiro atoms. The van der Waals surface area contributed by atoms with E-state index in [-0.39, 0.29) is 25.0 Å². The number of aliphatic hydroxyl groups excluding tert-OH is 1. The SMILES string of the molecule is C=CCCCOC(=O)[C@H]1[C@H]2C(=O)N(CCCCO)C(C(=O)N(CC=C)C(C)(C)C)C23CC[C@]1(C)O3. The molecule has 0 aromatic carbocycles. The van der Waals surface area contributed by atoms with Crippen LogP contribution < -0.4 is 0 Å². The van der Waals surface area contributed by atoms with E-state index in [0.29, 0.717) is 45.2 Å². The fraction of sp³-hybridized carbons (Fsp3) is 0.741. The van der Waals surface area contributed by atoms with Crippen molar-refractivity contribution in [3.63, 3.8) is 0 Å². The Hall–Kier alpha value is -2.19. The predicted octanol–water partition coefficient (Wildman–Crippen LogP) is 2.85. The van der Waals surface area contributed by atoms with Crippen LogP contribution in [0.3, 0.4) is 0 Å². The maximum absolute atomic E-state index is 14.2. The van der Waals surface area contributed by atoms with Gasteiger partial charge in [0.2, 0.25) is 11.8 Å². The topological polar surface area (TPSA) is 96.4 Å². The van der Waals surface area contributed by atoms with Gasteiger partial charge < -0.3 is 24.4 Å². The summed E-state index contributed by atoms with van der Waals surface area (Å²) in [6, 6.07) is -0.835. The zero-order valence-corrected chi connectivity index (χ0v) is 21.8. The lowest BCUT2D eigenvalue weighted by Gasteiger charge is -2.42. The van der Waals surface area contributed by atoms with Crippen LogP contribution in [-0.2, 0) is 23.9 Å². The van der Waals surface area contributed by atoms with Crippen LogP contribution in [0.25, 0.3) is 0 Å². The maximum atomic E-state index is 14.2. The Morgan fingerprint density at radius 1 is 1.23 bits per heavy atom. The Morgan fingerprint density at radius 2 is 1.94 bits per heavy atom. The van der Waals surface area contributed by atoms with Crippen molar-refractivity contribution in [2.24, 2.45) is 11.8 Å². The highest BCUT2D eigenvalue weighted by Gasteiger charge is 2.78. The van der Waals surface area contributed by atoms with E-state index in [9.17, 15) is 19.5 Å². The van der Waals surface area contributed by atoms with Crippen LogP contribution in [0, 0.1) is 11.8 Å². The third-order valence-electron chi connectivity index (χ3n) is 7.76. The first-order valence-corrected chi connectivity index (χ1v) is 12.8. The molecule has 196 valence electrons. The monoisotopic (exact) mass is 490 g/mol. The number of likely N-dealkylation sites (tertiary alicyclic amines) is 1. The summed E-state index contributed by atoms with van der Waals surface area (Å²) in [4.78, 5) is 44.7. The highest BCUT2D eigenvalue weighted by atomic mass is 16.6. The molecule has 3 saturated heterocycles. The molecule has 3 aliphatic rings. The maximum Gasteiger partial charge on any atom is 0.312 e. The lowest BCUT2D eigenvalue weighted by Crippen LogP contribution is -2.60. The summed E-state index contributed by atoms with van der Waals surface area (Å²) < 4.78 is 12.2. The van der Waals surface area contributed by atoms with Gasteiger partial charge in [-0.2, -0.15) is 0 Å². The average Bonchev–Trinajstić information content (AvgIpc) is 3.35. The van der Waals surface area contributed by atoms with Gasteiger partial charge in [-0.1, -0.05) is 12.2 Å². The van der Waals surface area contributed by atoms with Crippen LogP contribution >= 0.6 is 0 Å². The van der Waals surface area contributed by atoms with E-state index in [0.717, 1.165) is 6.42 Å². The number of unbranched alkanes of at least 4 members (excludes halogenated alkanes) is 2. The van der Waals surface area contributed by atoms with Gasteiger partial charge in [-0.25, -0.2) is 0 Å². The van der Waals surface area contributed by atoms with Crippen molar-refractivity contribution >= 4 is 17.8 Å². The zero-order chi connectivity index (χ0) is 26.0. The molecule has 1 N–H and O–H groups in total. The van der Waals surface area contributed by atoms with Gasteiger partial charge in [-0.05, 0) is 66.2 Å². The molecule has 3 aliphatic heterocycles. The van der Waals surface area contributed by atoms with E-state index < -0.39 is 40.6 Å². The number of amides is 2. The quantitative estimate of drug-likeness (QED) is 0.257. The van der Waals surface area contributed by atoms with Gasteiger partial charge in [-0.15, -0.1) is 13.2 Å². The molecule has 0 saturated carbocycles. The molecule has 35 heavy (non-hydrogen) atoms. The second-order valence-corrected chi connectivity index (χ2v) is 11.2. The van der Waals surface area contributed by atoms with Crippen LogP contribution in [-0.4, -0.2) is 81.8 Å². The van der Waals surface area contributed by atoms with E-state index in [1.54, 1.807) is 22.0 Å². The number of hydrogen-bond acceptors (Lipinski definition) is 6. The van der Waals surface area contributed by atoms with Crippen molar-refractivity contribution in [1.29, 1.82) is 0 Å². The fourth-order valence-corrected chi connectivity index (χ4v) is 6.16. The standard InChI is InChI=1S/C27H42N2O6/c1-7-9-12-18-34-24(33)20-19-22(31)28(16-10-11-17-30)21(27(19)14-13-26(20,6)35-27)23(32)29(15-8-2)25(3,4)5/h7-8,19-21,30H,1-2,9-18H2,3-6H3/t19-,20+,21?,26-,27?/m0/s1. The second kappa shape index (κ2) is 10.4. The smallest absolute Gasteiger partial charge is 0.312 e. The summed E-state index contributed by atoms with van der Waals surface area (Å²) in [6.45, 7) is 16.2. The number of esters is 1. The van der Waals surface area contributed by atoms with Gasteiger partial charge in [-0.3, -0.25) is 14.4 Å². The molecule has 2 unspecified atom stereocenters. The Labute approximate surface area is 209 Å². The van der Waals surface area contributed by atoms with Gasteiger partial charge in [0.05, 0.1) is 18.1 Å². The molecular weight excluding hydrogens is 448 g/mol. The number of rotatable bonds is 12. The molecule has 3 heterocycles. The minimum absolute atomic E-state index is 0.00796. The molecule has 0 radical (unpaired) electrons. The van der Waals surface area contributed by atoms with E-state index in [4.69, 9.17) is 9.47 Å². The molecule has 2 bridgehead atoms. The Balaban J connectivity index is 1.99. The minimum Gasteiger partial charge on any atom is -0.465 e. The van der Waals surface area contributed by atoms with Crippen molar-refractivity contribution in [1.82, 2.24) is 9.80 Å². The van der Waals surface area contributed by atoms with Gasteiger partial charge in [0, 0.05) is 25.2 Å². The summed E-state index contributed by atoms with van der Waals surface area (Å²) in [7, 11) is 0. The number of allylic oxidation sites excluding steroid dienone is 1. The first kappa shape index (κ1) is 27.4. The number of carbonyl (C=O) groups excluding carboxylic acids is 3. The Morgan fingerprint density at radius 3 is 2.54 bits per heavy atom. The first-order chi connectivity index (χ1) is 16.5. The number of aliphatic hydroxyl groups is 1. The molecule has 8 nitrogen and oxygen atoms in total. The predicted molar refractivity (Wildman–Crippen MR) is 132 cm³/mol. The largest absolute Gasteiger partial charge is 0.465 e. The lowest BCUT2D eigenvalue weighted by atomic mass is 9.66. The lowest BCUT2D eigenvalue weighted by molar-refractivity contribution is -0.161. The van der Waals surface area contributed by atoms with Crippen LogP contribution in [0.15, 0.2) is 25.3 Å². The fourth-order valence-electron chi connectivity index (χ4n) is 6.16. The molecule has 3 fully saturated rings.